The van der Waals surface area contributed by atoms with Gasteiger partial charge in [0, 0.05) is 19.3 Å². The third-order valence-corrected chi connectivity index (χ3v) is 15.4. The van der Waals surface area contributed by atoms with Gasteiger partial charge in [-0.25, -0.2) is 0 Å². The second-order valence-corrected chi connectivity index (χ2v) is 23.1. The predicted molar refractivity (Wildman–Crippen MR) is 330 cm³/mol. The second kappa shape index (κ2) is 65.2. The number of esters is 3. The first-order chi connectivity index (χ1) is 37.5. The van der Waals surface area contributed by atoms with Crippen molar-refractivity contribution in [3.05, 3.63) is 36.5 Å². The maximum Gasteiger partial charge on any atom is 0.306 e. The lowest BCUT2D eigenvalue weighted by Crippen LogP contribution is -2.30. The summed E-state index contributed by atoms with van der Waals surface area (Å²) < 4.78 is 16.8. The van der Waals surface area contributed by atoms with Crippen LogP contribution in [0, 0.1) is 0 Å². The molecule has 0 saturated carbocycles. The molecule has 0 aliphatic carbocycles. The van der Waals surface area contributed by atoms with Crippen LogP contribution in [-0.4, -0.2) is 37.2 Å². The Balaban J connectivity index is 3.89. The van der Waals surface area contributed by atoms with Gasteiger partial charge in [-0.1, -0.05) is 314 Å². The highest BCUT2D eigenvalue weighted by atomic mass is 16.6. The van der Waals surface area contributed by atoms with Crippen molar-refractivity contribution >= 4 is 17.9 Å². The quantitative estimate of drug-likeness (QED) is 0.0261. The van der Waals surface area contributed by atoms with Crippen LogP contribution >= 0.6 is 0 Å². The summed E-state index contributed by atoms with van der Waals surface area (Å²) in [6, 6.07) is 0. The van der Waals surface area contributed by atoms with Gasteiger partial charge in [-0.2, -0.15) is 0 Å². The van der Waals surface area contributed by atoms with Crippen LogP contribution in [0.2, 0.25) is 0 Å². The number of unbranched alkanes of at least 4 members (excludes halogenated alkanes) is 46. The van der Waals surface area contributed by atoms with Gasteiger partial charge < -0.3 is 14.2 Å². The first-order valence-corrected chi connectivity index (χ1v) is 34.0. The molecule has 0 aromatic heterocycles. The summed E-state index contributed by atoms with van der Waals surface area (Å²) in [6.07, 6.45) is 80.8. The molecule has 0 radical (unpaired) electrons. The summed E-state index contributed by atoms with van der Waals surface area (Å²) in [5.41, 5.74) is 0. The lowest BCUT2D eigenvalue weighted by molar-refractivity contribution is -0.167. The minimum absolute atomic E-state index is 0.0711. The van der Waals surface area contributed by atoms with E-state index in [2.05, 4.69) is 57.2 Å². The number of carbonyl (C=O) groups excluding carboxylic acids is 3. The lowest BCUT2D eigenvalue weighted by Gasteiger charge is -2.18. The molecule has 0 N–H and O–H groups in total. The van der Waals surface area contributed by atoms with E-state index >= 15 is 0 Å². The van der Waals surface area contributed by atoms with E-state index in [4.69, 9.17) is 14.2 Å². The zero-order valence-electron chi connectivity index (χ0n) is 51.3. The molecule has 0 fully saturated rings. The molecule has 0 aromatic rings. The monoisotopic (exact) mass is 1070 g/mol. The Morgan fingerprint density at radius 1 is 0.263 bits per heavy atom. The molecule has 0 aromatic carbocycles. The highest BCUT2D eigenvalue weighted by Gasteiger charge is 2.19. The first-order valence-electron chi connectivity index (χ1n) is 34.0. The summed E-state index contributed by atoms with van der Waals surface area (Å²) in [5.74, 6) is -0.869. The fourth-order valence-electron chi connectivity index (χ4n) is 10.2. The average Bonchev–Trinajstić information content (AvgIpc) is 3.42. The predicted octanol–water partition coefficient (Wildman–Crippen LogP) is 23.2. The van der Waals surface area contributed by atoms with Gasteiger partial charge in [-0.3, -0.25) is 14.4 Å². The molecule has 1 atom stereocenters. The van der Waals surface area contributed by atoms with Crippen LogP contribution in [0.25, 0.3) is 0 Å². The van der Waals surface area contributed by atoms with Gasteiger partial charge in [-0.15, -0.1) is 0 Å². The molecule has 6 heteroatoms. The van der Waals surface area contributed by atoms with E-state index in [1.165, 1.54) is 263 Å². The molecule has 76 heavy (non-hydrogen) atoms. The highest BCUT2D eigenvalue weighted by Crippen LogP contribution is 2.18. The van der Waals surface area contributed by atoms with Gasteiger partial charge in [0.1, 0.15) is 13.2 Å². The maximum atomic E-state index is 12.8. The van der Waals surface area contributed by atoms with Gasteiger partial charge in [0.2, 0.25) is 0 Å². The van der Waals surface area contributed by atoms with Gasteiger partial charge >= 0.3 is 17.9 Å². The smallest absolute Gasteiger partial charge is 0.306 e. The Bertz CT molecular complexity index is 1270. The van der Waals surface area contributed by atoms with Crippen LogP contribution in [0.1, 0.15) is 374 Å². The zero-order valence-corrected chi connectivity index (χ0v) is 51.3. The summed E-state index contributed by atoms with van der Waals surface area (Å²) in [4.78, 5) is 38.0. The van der Waals surface area contributed by atoms with E-state index in [0.717, 1.165) is 70.6 Å². The van der Waals surface area contributed by atoms with Crippen LogP contribution in [0.4, 0.5) is 0 Å². The molecule has 0 amide bonds. The summed E-state index contributed by atoms with van der Waals surface area (Å²) in [5, 5.41) is 0. The normalized spacial score (nSPS) is 12.2. The molecular weight excluding hydrogens is 937 g/mol. The van der Waals surface area contributed by atoms with Crippen LogP contribution < -0.4 is 0 Å². The third kappa shape index (κ3) is 62.5. The third-order valence-electron chi connectivity index (χ3n) is 15.4. The van der Waals surface area contributed by atoms with Crippen molar-refractivity contribution in [1.82, 2.24) is 0 Å². The van der Waals surface area contributed by atoms with Crippen molar-refractivity contribution in [2.24, 2.45) is 0 Å². The number of hydrogen-bond donors (Lipinski definition) is 0. The van der Waals surface area contributed by atoms with Gasteiger partial charge in [0.05, 0.1) is 0 Å². The minimum Gasteiger partial charge on any atom is -0.462 e. The molecular formula is C70H130O6. The average molecular weight is 1070 g/mol. The fourth-order valence-corrected chi connectivity index (χ4v) is 10.2. The van der Waals surface area contributed by atoms with Crippen molar-refractivity contribution in [1.29, 1.82) is 0 Å². The van der Waals surface area contributed by atoms with E-state index in [-0.39, 0.29) is 31.1 Å². The van der Waals surface area contributed by atoms with Crippen molar-refractivity contribution in [2.75, 3.05) is 13.2 Å². The van der Waals surface area contributed by atoms with Crippen molar-refractivity contribution in [2.45, 2.75) is 380 Å². The van der Waals surface area contributed by atoms with Gasteiger partial charge in [0.15, 0.2) is 6.10 Å². The van der Waals surface area contributed by atoms with Crippen LogP contribution in [0.5, 0.6) is 0 Å². The Kier molecular flexibility index (Phi) is 63.1. The number of rotatable bonds is 63. The van der Waals surface area contributed by atoms with Crippen LogP contribution in [-0.2, 0) is 28.6 Å². The van der Waals surface area contributed by atoms with Gasteiger partial charge in [-0.05, 0) is 77.0 Å². The second-order valence-electron chi connectivity index (χ2n) is 23.1. The summed E-state index contributed by atoms with van der Waals surface area (Å²) >= 11 is 0. The Hall–Kier alpha value is -2.37. The maximum absolute atomic E-state index is 12.8. The fraction of sp³-hybridized carbons (Fsp3) is 0.871. The lowest BCUT2D eigenvalue weighted by atomic mass is 10.0. The highest BCUT2D eigenvalue weighted by molar-refractivity contribution is 5.71. The molecule has 0 spiro atoms. The molecule has 446 valence electrons. The van der Waals surface area contributed by atoms with Crippen molar-refractivity contribution in [3.8, 4) is 0 Å². The Labute approximate surface area is 474 Å². The van der Waals surface area contributed by atoms with Crippen molar-refractivity contribution in [3.63, 3.8) is 0 Å². The number of hydrogen-bond acceptors (Lipinski definition) is 6. The number of allylic oxidation sites excluding steroid dienone is 6. The van der Waals surface area contributed by atoms with E-state index in [9.17, 15) is 14.4 Å². The van der Waals surface area contributed by atoms with E-state index in [1.807, 2.05) is 0 Å². The summed E-state index contributed by atoms with van der Waals surface area (Å²) in [7, 11) is 0. The molecule has 0 rings (SSSR count). The number of carbonyl (C=O) groups is 3. The van der Waals surface area contributed by atoms with Gasteiger partial charge in [0.25, 0.3) is 0 Å². The molecule has 6 nitrogen and oxygen atoms in total. The largest absolute Gasteiger partial charge is 0.462 e. The zero-order chi connectivity index (χ0) is 55.0. The van der Waals surface area contributed by atoms with E-state index in [0.29, 0.717) is 19.3 Å². The topological polar surface area (TPSA) is 78.9 Å². The number of ether oxygens (including phenoxy) is 3. The Morgan fingerprint density at radius 2 is 0.474 bits per heavy atom. The molecule has 0 bridgehead atoms. The van der Waals surface area contributed by atoms with E-state index in [1.54, 1.807) is 0 Å². The molecule has 0 heterocycles. The molecule has 0 saturated heterocycles. The minimum atomic E-state index is -0.771. The van der Waals surface area contributed by atoms with Crippen molar-refractivity contribution < 1.29 is 28.6 Å². The van der Waals surface area contributed by atoms with E-state index < -0.39 is 6.10 Å². The molecule has 0 aliphatic rings. The first kappa shape index (κ1) is 73.6. The van der Waals surface area contributed by atoms with Crippen LogP contribution in [0.3, 0.4) is 0 Å². The standard InChI is InChI=1S/C70H130O6/c1-4-7-10-13-16-18-20-22-24-26-27-28-29-30-31-32-33-34-35-36-37-38-39-40-41-42-43-45-46-48-50-52-54-57-60-63-69(72)75-66-67(65-74-68(71)62-59-56-15-12-9-6-3)76-70(73)64-61-58-55-53-51-49-47-44-25-23-21-19-17-14-11-8-5-2/h17,19,23,25-27,67H,4-16,18,20-22,24,28-66H2,1-3H3/b19-17-,25-23-,27-26-. The summed E-state index contributed by atoms with van der Waals surface area (Å²) in [6.45, 7) is 6.60. The molecule has 0 aliphatic heterocycles. The molecule has 1 unspecified atom stereocenters. The van der Waals surface area contributed by atoms with Crippen LogP contribution in [0.15, 0.2) is 36.5 Å². The SMILES string of the molecule is CCCCC/C=C\C/C=C\CCCCCCCCCC(=O)OC(COC(=O)CCCCCCCC)COC(=O)CCCCCCCCCCCCCCCCCCCCCCCCC/C=C\CCCCCCCCCC. The Morgan fingerprint density at radius 3 is 0.763 bits per heavy atom.